The van der Waals surface area contributed by atoms with Crippen LogP contribution < -0.4 is 0 Å². The van der Waals surface area contributed by atoms with Gasteiger partial charge in [0.05, 0.1) is 11.0 Å². The Labute approximate surface area is 108 Å². The monoisotopic (exact) mass is 246 g/mol. The summed E-state index contributed by atoms with van der Waals surface area (Å²) in [5.74, 6) is 1.80. The standard InChI is InChI=1S/C15H22N2O/c1-10(2)8-17-14-6-5-12(11(3)4)7-13(14)16-15(17)9-18/h5-7,10-11,18H,8-9H2,1-4H3. The first-order valence-electron chi connectivity index (χ1n) is 6.62. The Bertz CT molecular complexity index is 541. The first kappa shape index (κ1) is 13.1. The molecule has 0 saturated heterocycles. The van der Waals surface area contributed by atoms with E-state index in [9.17, 15) is 5.11 Å². The summed E-state index contributed by atoms with van der Waals surface area (Å²) >= 11 is 0. The van der Waals surface area contributed by atoms with Crippen molar-refractivity contribution in [1.29, 1.82) is 0 Å². The van der Waals surface area contributed by atoms with Crippen LogP contribution in [0.1, 0.15) is 45.0 Å². The van der Waals surface area contributed by atoms with Gasteiger partial charge in [-0.3, -0.25) is 0 Å². The molecule has 0 aliphatic carbocycles. The van der Waals surface area contributed by atoms with Crippen molar-refractivity contribution in [3.63, 3.8) is 0 Å². The van der Waals surface area contributed by atoms with E-state index in [0.717, 1.165) is 23.4 Å². The normalized spacial score (nSPS) is 11.9. The van der Waals surface area contributed by atoms with Gasteiger partial charge in [0.15, 0.2) is 0 Å². The van der Waals surface area contributed by atoms with Gasteiger partial charge < -0.3 is 9.67 Å². The number of rotatable bonds is 4. The lowest BCUT2D eigenvalue weighted by molar-refractivity contribution is 0.263. The fourth-order valence-electron chi connectivity index (χ4n) is 2.25. The first-order chi connectivity index (χ1) is 8.52. The maximum atomic E-state index is 9.43. The molecule has 3 nitrogen and oxygen atoms in total. The first-order valence-corrected chi connectivity index (χ1v) is 6.62. The highest BCUT2D eigenvalue weighted by Gasteiger charge is 2.12. The van der Waals surface area contributed by atoms with Crippen molar-refractivity contribution in [1.82, 2.24) is 9.55 Å². The van der Waals surface area contributed by atoms with E-state index < -0.39 is 0 Å². The zero-order chi connectivity index (χ0) is 13.3. The molecule has 0 spiro atoms. The van der Waals surface area contributed by atoms with E-state index in [1.165, 1.54) is 5.56 Å². The molecule has 1 aromatic carbocycles. The zero-order valence-corrected chi connectivity index (χ0v) is 11.6. The third-order valence-corrected chi connectivity index (χ3v) is 3.21. The van der Waals surface area contributed by atoms with Gasteiger partial charge in [-0.1, -0.05) is 33.8 Å². The predicted molar refractivity (Wildman–Crippen MR) is 74.6 cm³/mol. The number of aliphatic hydroxyl groups excluding tert-OH is 1. The number of benzene rings is 1. The molecule has 0 saturated carbocycles. The highest BCUT2D eigenvalue weighted by molar-refractivity contribution is 5.77. The van der Waals surface area contributed by atoms with Gasteiger partial charge in [-0.25, -0.2) is 4.98 Å². The Morgan fingerprint density at radius 2 is 1.94 bits per heavy atom. The summed E-state index contributed by atoms with van der Waals surface area (Å²) in [7, 11) is 0. The highest BCUT2D eigenvalue weighted by atomic mass is 16.3. The molecule has 0 amide bonds. The maximum Gasteiger partial charge on any atom is 0.135 e. The zero-order valence-electron chi connectivity index (χ0n) is 11.6. The van der Waals surface area contributed by atoms with Gasteiger partial charge in [0.25, 0.3) is 0 Å². The Balaban J connectivity index is 2.55. The van der Waals surface area contributed by atoms with E-state index in [4.69, 9.17) is 0 Å². The van der Waals surface area contributed by atoms with Crippen LogP contribution in [-0.2, 0) is 13.2 Å². The summed E-state index contributed by atoms with van der Waals surface area (Å²) in [6.45, 7) is 9.61. The van der Waals surface area contributed by atoms with Crippen molar-refractivity contribution in [3.8, 4) is 0 Å². The van der Waals surface area contributed by atoms with E-state index in [2.05, 4.69) is 55.4 Å². The fourth-order valence-corrected chi connectivity index (χ4v) is 2.25. The van der Waals surface area contributed by atoms with Crippen LogP contribution in [-0.4, -0.2) is 14.7 Å². The van der Waals surface area contributed by atoms with Gasteiger partial charge in [-0.2, -0.15) is 0 Å². The van der Waals surface area contributed by atoms with Gasteiger partial charge in [0, 0.05) is 6.54 Å². The second-order valence-corrected chi connectivity index (χ2v) is 5.59. The number of aliphatic hydroxyl groups is 1. The Hall–Kier alpha value is -1.35. The average molecular weight is 246 g/mol. The quantitative estimate of drug-likeness (QED) is 0.898. The second-order valence-electron chi connectivity index (χ2n) is 5.59. The largest absolute Gasteiger partial charge is 0.388 e. The van der Waals surface area contributed by atoms with E-state index in [1.54, 1.807) is 0 Å². The molecule has 3 heteroatoms. The molecule has 18 heavy (non-hydrogen) atoms. The molecular formula is C15H22N2O. The topological polar surface area (TPSA) is 38.0 Å². The maximum absolute atomic E-state index is 9.43. The Kier molecular flexibility index (Phi) is 3.71. The van der Waals surface area contributed by atoms with Crippen LogP contribution in [0.5, 0.6) is 0 Å². The number of hydrogen-bond acceptors (Lipinski definition) is 2. The van der Waals surface area contributed by atoms with Crippen molar-refractivity contribution in [2.75, 3.05) is 0 Å². The van der Waals surface area contributed by atoms with Crippen LogP contribution in [0.15, 0.2) is 18.2 Å². The molecule has 2 rings (SSSR count). The predicted octanol–water partition coefficient (Wildman–Crippen LogP) is 3.31. The van der Waals surface area contributed by atoms with Gasteiger partial charge in [0.2, 0.25) is 0 Å². The summed E-state index contributed by atoms with van der Waals surface area (Å²) in [5, 5.41) is 9.43. The minimum atomic E-state index is -0.00158. The van der Waals surface area contributed by atoms with Crippen LogP contribution in [0.25, 0.3) is 11.0 Å². The lowest BCUT2D eigenvalue weighted by atomic mass is 10.0. The van der Waals surface area contributed by atoms with Crippen molar-refractivity contribution in [2.45, 2.75) is 46.8 Å². The molecule has 0 aliphatic heterocycles. The number of aromatic nitrogens is 2. The molecule has 0 fully saturated rings. The summed E-state index contributed by atoms with van der Waals surface area (Å²) in [6.07, 6.45) is 0. The molecule has 0 aliphatic rings. The number of imidazole rings is 1. The summed E-state index contributed by atoms with van der Waals surface area (Å²) in [4.78, 5) is 4.54. The molecule has 1 aromatic heterocycles. The summed E-state index contributed by atoms with van der Waals surface area (Å²) in [6, 6.07) is 6.42. The SMILES string of the molecule is CC(C)Cn1c(CO)nc2cc(C(C)C)ccc21. The average Bonchev–Trinajstić information content (AvgIpc) is 2.65. The molecule has 0 unspecified atom stereocenters. The number of fused-ring (bicyclic) bond motifs is 1. The molecule has 98 valence electrons. The van der Waals surface area contributed by atoms with Crippen LogP contribution >= 0.6 is 0 Å². The van der Waals surface area contributed by atoms with Crippen LogP contribution in [0, 0.1) is 5.92 Å². The van der Waals surface area contributed by atoms with Gasteiger partial charge in [-0.15, -0.1) is 0 Å². The number of hydrogen-bond donors (Lipinski definition) is 1. The second kappa shape index (κ2) is 5.11. The van der Waals surface area contributed by atoms with E-state index in [-0.39, 0.29) is 6.61 Å². The van der Waals surface area contributed by atoms with Crippen molar-refractivity contribution >= 4 is 11.0 Å². The number of nitrogens with zero attached hydrogens (tertiary/aromatic N) is 2. The third-order valence-electron chi connectivity index (χ3n) is 3.21. The van der Waals surface area contributed by atoms with E-state index in [1.807, 2.05) is 0 Å². The molecule has 0 radical (unpaired) electrons. The van der Waals surface area contributed by atoms with Crippen molar-refractivity contribution in [2.24, 2.45) is 5.92 Å². The molecule has 1 N–H and O–H groups in total. The van der Waals surface area contributed by atoms with Gasteiger partial charge in [-0.05, 0) is 29.5 Å². The van der Waals surface area contributed by atoms with E-state index >= 15 is 0 Å². The molecular weight excluding hydrogens is 224 g/mol. The third kappa shape index (κ3) is 2.41. The lowest BCUT2D eigenvalue weighted by Gasteiger charge is -2.11. The van der Waals surface area contributed by atoms with Crippen LogP contribution in [0.2, 0.25) is 0 Å². The highest BCUT2D eigenvalue weighted by Crippen LogP contribution is 2.23. The summed E-state index contributed by atoms with van der Waals surface area (Å²) in [5.41, 5.74) is 3.41. The van der Waals surface area contributed by atoms with Crippen LogP contribution in [0.3, 0.4) is 0 Å². The minimum absolute atomic E-state index is 0.00158. The molecule has 0 atom stereocenters. The smallest absolute Gasteiger partial charge is 0.135 e. The molecule has 1 heterocycles. The fraction of sp³-hybridized carbons (Fsp3) is 0.533. The minimum Gasteiger partial charge on any atom is -0.388 e. The Morgan fingerprint density at radius 3 is 2.50 bits per heavy atom. The lowest BCUT2D eigenvalue weighted by Crippen LogP contribution is -2.08. The summed E-state index contributed by atoms with van der Waals surface area (Å²) < 4.78 is 2.13. The van der Waals surface area contributed by atoms with Crippen molar-refractivity contribution in [3.05, 3.63) is 29.6 Å². The van der Waals surface area contributed by atoms with E-state index in [0.29, 0.717) is 11.8 Å². The molecule has 0 bridgehead atoms. The van der Waals surface area contributed by atoms with Crippen molar-refractivity contribution < 1.29 is 5.11 Å². The van der Waals surface area contributed by atoms with Gasteiger partial charge >= 0.3 is 0 Å². The Morgan fingerprint density at radius 1 is 1.22 bits per heavy atom. The van der Waals surface area contributed by atoms with Gasteiger partial charge in [0.1, 0.15) is 12.4 Å². The molecule has 2 aromatic rings. The van der Waals surface area contributed by atoms with Crippen LogP contribution in [0.4, 0.5) is 0 Å².